The first-order valence-corrected chi connectivity index (χ1v) is 7.45. The Morgan fingerprint density at radius 1 is 1.47 bits per heavy atom. The summed E-state index contributed by atoms with van der Waals surface area (Å²) in [7, 11) is 1.47. The van der Waals surface area contributed by atoms with E-state index in [1.165, 1.54) is 13.5 Å². The lowest BCUT2D eigenvalue weighted by Gasteiger charge is -2.28. The van der Waals surface area contributed by atoms with Gasteiger partial charge < -0.3 is 4.74 Å². The van der Waals surface area contributed by atoms with E-state index in [1.807, 2.05) is 6.92 Å². The average molecular weight is 318 g/mol. The highest BCUT2D eigenvalue weighted by molar-refractivity contribution is 9.11. The average Bonchev–Trinajstić information content (AvgIpc) is 2.67. The SMILES string of the molecule is COC(=O)[C@@H]1CCCC[C@H]1c1nc(C)sc1Br. The van der Waals surface area contributed by atoms with Gasteiger partial charge in [0.25, 0.3) is 0 Å². The molecule has 0 saturated heterocycles. The monoisotopic (exact) mass is 317 g/mol. The molecule has 2 rings (SSSR count). The summed E-state index contributed by atoms with van der Waals surface area (Å²) in [5, 5.41) is 1.04. The summed E-state index contributed by atoms with van der Waals surface area (Å²) in [5.41, 5.74) is 1.04. The van der Waals surface area contributed by atoms with Gasteiger partial charge in [-0.2, -0.15) is 0 Å². The van der Waals surface area contributed by atoms with Gasteiger partial charge in [0.2, 0.25) is 0 Å². The van der Waals surface area contributed by atoms with Crippen LogP contribution in [0.15, 0.2) is 3.79 Å². The fraction of sp³-hybridized carbons (Fsp3) is 0.667. The first kappa shape index (κ1) is 13.0. The number of hydrogen-bond acceptors (Lipinski definition) is 4. The van der Waals surface area contributed by atoms with Crippen molar-refractivity contribution >= 4 is 33.2 Å². The normalized spacial score (nSPS) is 24.6. The van der Waals surface area contributed by atoms with Crippen LogP contribution in [0.3, 0.4) is 0 Å². The molecule has 5 heteroatoms. The van der Waals surface area contributed by atoms with E-state index < -0.39 is 0 Å². The van der Waals surface area contributed by atoms with Crippen LogP contribution in [-0.4, -0.2) is 18.1 Å². The van der Waals surface area contributed by atoms with E-state index >= 15 is 0 Å². The Bertz CT molecular complexity index is 419. The number of rotatable bonds is 2. The van der Waals surface area contributed by atoms with Gasteiger partial charge in [-0.3, -0.25) is 4.79 Å². The van der Waals surface area contributed by atoms with E-state index in [9.17, 15) is 4.79 Å². The molecule has 1 fully saturated rings. The Balaban J connectivity index is 2.27. The lowest BCUT2D eigenvalue weighted by atomic mass is 9.78. The Hall–Kier alpha value is -0.420. The smallest absolute Gasteiger partial charge is 0.309 e. The minimum Gasteiger partial charge on any atom is -0.469 e. The maximum absolute atomic E-state index is 11.8. The number of esters is 1. The molecule has 0 aliphatic heterocycles. The number of halogens is 1. The third-order valence-corrected chi connectivity index (χ3v) is 5.00. The molecule has 2 atom stereocenters. The summed E-state index contributed by atoms with van der Waals surface area (Å²) >= 11 is 5.19. The van der Waals surface area contributed by atoms with E-state index in [-0.39, 0.29) is 17.8 Å². The summed E-state index contributed by atoms with van der Waals surface area (Å²) in [6.07, 6.45) is 4.22. The Kier molecular flexibility index (Phi) is 4.20. The molecule has 0 unspecified atom stereocenters. The Labute approximate surface area is 114 Å². The minimum atomic E-state index is -0.0905. The zero-order chi connectivity index (χ0) is 12.4. The predicted octanol–water partition coefficient (Wildman–Crippen LogP) is 3.66. The van der Waals surface area contributed by atoms with Crippen LogP contribution in [0.2, 0.25) is 0 Å². The van der Waals surface area contributed by atoms with Crippen molar-refractivity contribution in [2.24, 2.45) is 5.92 Å². The molecule has 1 aliphatic carbocycles. The number of methoxy groups -OCH3 is 1. The number of hydrogen-bond donors (Lipinski definition) is 0. The summed E-state index contributed by atoms with van der Waals surface area (Å²) in [5.74, 6) is 0.106. The molecule has 0 spiro atoms. The van der Waals surface area contributed by atoms with Gasteiger partial charge in [0.05, 0.1) is 27.5 Å². The topological polar surface area (TPSA) is 39.2 Å². The summed E-state index contributed by atoms with van der Waals surface area (Å²) in [4.78, 5) is 16.4. The zero-order valence-electron chi connectivity index (χ0n) is 10.0. The second-order valence-electron chi connectivity index (χ2n) is 4.41. The van der Waals surface area contributed by atoms with Gasteiger partial charge in [0.1, 0.15) is 0 Å². The van der Waals surface area contributed by atoms with Crippen LogP contribution in [0.25, 0.3) is 0 Å². The second kappa shape index (κ2) is 5.48. The molecule has 3 nitrogen and oxygen atoms in total. The number of nitrogens with zero attached hydrogens (tertiary/aromatic N) is 1. The second-order valence-corrected chi connectivity index (χ2v) is 6.93. The molecular weight excluding hydrogens is 302 g/mol. The van der Waals surface area contributed by atoms with Gasteiger partial charge in [-0.25, -0.2) is 4.98 Å². The van der Waals surface area contributed by atoms with Crippen molar-refractivity contribution in [1.82, 2.24) is 4.98 Å². The van der Waals surface area contributed by atoms with Crippen LogP contribution >= 0.6 is 27.3 Å². The fourth-order valence-electron chi connectivity index (χ4n) is 2.54. The molecule has 0 radical (unpaired) electrons. The zero-order valence-corrected chi connectivity index (χ0v) is 12.4. The molecule has 0 N–H and O–H groups in total. The van der Waals surface area contributed by atoms with Crippen LogP contribution in [0.1, 0.15) is 42.3 Å². The lowest BCUT2D eigenvalue weighted by Crippen LogP contribution is -2.27. The highest BCUT2D eigenvalue weighted by atomic mass is 79.9. The Morgan fingerprint density at radius 2 is 2.18 bits per heavy atom. The third kappa shape index (κ3) is 2.71. The molecular formula is C12H16BrNO2S. The lowest BCUT2D eigenvalue weighted by molar-refractivity contribution is -0.147. The van der Waals surface area contributed by atoms with E-state index in [1.54, 1.807) is 11.3 Å². The quantitative estimate of drug-likeness (QED) is 0.781. The first-order valence-electron chi connectivity index (χ1n) is 5.84. The molecule has 1 heterocycles. The van der Waals surface area contributed by atoms with Crippen molar-refractivity contribution < 1.29 is 9.53 Å². The van der Waals surface area contributed by atoms with Gasteiger partial charge in [0, 0.05) is 5.92 Å². The molecule has 0 bridgehead atoms. The standard InChI is InChI=1S/C12H16BrNO2S/c1-7-14-10(11(13)17-7)8-5-3-4-6-9(8)12(15)16-2/h8-9H,3-6H2,1-2H3/t8-,9-/m1/s1. The van der Waals surface area contributed by atoms with Crippen LogP contribution in [0.4, 0.5) is 0 Å². The van der Waals surface area contributed by atoms with Crippen molar-refractivity contribution in [2.45, 2.75) is 38.5 Å². The van der Waals surface area contributed by atoms with Crippen molar-refractivity contribution in [3.63, 3.8) is 0 Å². The molecule has 0 amide bonds. The Morgan fingerprint density at radius 3 is 2.76 bits per heavy atom. The molecule has 0 aromatic carbocycles. The van der Waals surface area contributed by atoms with Gasteiger partial charge in [-0.05, 0) is 35.7 Å². The van der Waals surface area contributed by atoms with Crippen molar-refractivity contribution in [2.75, 3.05) is 7.11 Å². The van der Waals surface area contributed by atoms with Crippen LogP contribution in [0.5, 0.6) is 0 Å². The van der Waals surface area contributed by atoms with E-state index in [0.717, 1.165) is 33.8 Å². The van der Waals surface area contributed by atoms with Crippen molar-refractivity contribution in [3.05, 3.63) is 14.5 Å². The van der Waals surface area contributed by atoms with Gasteiger partial charge >= 0.3 is 5.97 Å². The first-order chi connectivity index (χ1) is 8.13. The molecule has 1 saturated carbocycles. The van der Waals surface area contributed by atoms with Gasteiger partial charge in [-0.15, -0.1) is 11.3 Å². The van der Waals surface area contributed by atoms with Crippen LogP contribution in [0, 0.1) is 12.8 Å². The van der Waals surface area contributed by atoms with E-state index in [4.69, 9.17) is 4.74 Å². The largest absolute Gasteiger partial charge is 0.469 e. The number of thiazole rings is 1. The molecule has 1 aromatic rings. The van der Waals surface area contributed by atoms with Crippen molar-refractivity contribution in [3.8, 4) is 0 Å². The predicted molar refractivity (Wildman–Crippen MR) is 71.3 cm³/mol. The maximum atomic E-state index is 11.8. The number of aromatic nitrogens is 1. The third-order valence-electron chi connectivity index (χ3n) is 3.34. The molecule has 1 aliphatic rings. The summed E-state index contributed by atoms with van der Waals surface area (Å²) < 4.78 is 5.98. The highest BCUT2D eigenvalue weighted by Crippen LogP contribution is 2.42. The van der Waals surface area contributed by atoms with E-state index in [0.29, 0.717) is 0 Å². The molecule has 94 valence electrons. The number of carbonyl (C=O) groups is 1. The molecule has 1 aromatic heterocycles. The maximum Gasteiger partial charge on any atom is 0.309 e. The van der Waals surface area contributed by atoms with Gasteiger partial charge in [0.15, 0.2) is 0 Å². The minimum absolute atomic E-state index is 0.0217. The van der Waals surface area contributed by atoms with E-state index in [2.05, 4.69) is 20.9 Å². The summed E-state index contributed by atoms with van der Waals surface area (Å²) in [6.45, 7) is 1.99. The van der Waals surface area contributed by atoms with Crippen molar-refractivity contribution in [1.29, 1.82) is 0 Å². The van der Waals surface area contributed by atoms with Crippen LogP contribution < -0.4 is 0 Å². The summed E-state index contributed by atoms with van der Waals surface area (Å²) in [6, 6.07) is 0. The van der Waals surface area contributed by atoms with Gasteiger partial charge in [-0.1, -0.05) is 12.8 Å². The fourth-order valence-corrected chi connectivity index (χ4v) is 4.33. The highest BCUT2D eigenvalue weighted by Gasteiger charge is 2.35. The number of aryl methyl sites for hydroxylation is 1. The van der Waals surface area contributed by atoms with Crippen LogP contribution in [-0.2, 0) is 9.53 Å². The number of ether oxygens (including phenoxy) is 1. The number of carbonyl (C=O) groups excluding carboxylic acids is 1. The molecule has 17 heavy (non-hydrogen) atoms.